The summed E-state index contributed by atoms with van der Waals surface area (Å²) < 4.78 is 0. The maximum Gasteiger partial charge on any atom is 0.268 e. The molecule has 12 heavy (non-hydrogen) atoms. The molecule has 1 N–H and O–H groups in total. The smallest absolute Gasteiger partial charge is 0.268 e. The van der Waals surface area contributed by atoms with E-state index in [1.54, 1.807) is 0 Å². The molecule has 0 aliphatic carbocycles. The van der Waals surface area contributed by atoms with Crippen LogP contribution in [0.1, 0.15) is 20.8 Å². The van der Waals surface area contributed by atoms with Gasteiger partial charge >= 0.3 is 0 Å². The highest BCUT2D eigenvalue weighted by molar-refractivity contribution is 7.12. The standard InChI is InChI=1S/C8H7NO2S/c1-4-3-12-7-5(4)2-6(10)9-8(7)11/h3H,2H2,1H3,(H,9,10,11). The van der Waals surface area contributed by atoms with Crippen LogP contribution in [0, 0.1) is 6.92 Å². The van der Waals surface area contributed by atoms with E-state index >= 15 is 0 Å². The van der Waals surface area contributed by atoms with Gasteiger partial charge in [0.2, 0.25) is 5.91 Å². The normalized spacial score (nSPS) is 15.8. The van der Waals surface area contributed by atoms with Crippen molar-refractivity contribution >= 4 is 23.2 Å². The highest BCUT2D eigenvalue weighted by Gasteiger charge is 2.24. The van der Waals surface area contributed by atoms with Crippen LogP contribution in [-0.2, 0) is 11.2 Å². The summed E-state index contributed by atoms with van der Waals surface area (Å²) in [6, 6.07) is 0. The van der Waals surface area contributed by atoms with E-state index in [1.165, 1.54) is 11.3 Å². The molecule has 1 aliphatic heterocycles. The first-order valence-corrected chi connectivity index (χ1v) is 4.47. The van der Waals surface area contributed by atoms with E-state index in [2.05, 4.69) is 5.32 Å². The third-order valence-corrected chi connectivity index (χ3v) is 3.04. The molecule has 62 valence electrons. The molecule has 0 saturated carbocycles. The zero-order valence-corrected chi connectivity index (χ0v) is 7.33. The van der Waals surface area contributed by atoms with Crippen LogP contribution in [-0.4, -0.2) is 11.8 Å². The first kappa shape index (κ1) is 7.49. The minimum atomic E-state index is -0.251. The second kappa shape index (κ2) is 2.42. The lowest BCUT2D eigenvalue weighted by Crippen LogP contribution is -2.36. The zero-order chi connectivity index (χ0) is 8.72. The van der Waals surface area contributed by atoms with Gasteiger partial charge in [-0.05, 0) is 23.4 Å². The maximum absolute atomic E-state index is 11.2. The second-order valence-electron chi connectivity index (χ2n) is 2.78. The third-order valence-electron chi connectivity index (χ3n) is 1.90. The first-order chi connectivity index (χ1) is 5.68. The quantitative estimate of drug-likeness (QED) is 0.603. The Kier molecular flexibility index (Phi) is 1.51. The molecular weight excluding hydrogens is 174 g/mol. The number of hydrogen-bond acceptors (Lipinski definition) is 3. The Hall–Kier alpha value is -1.16. The Morgan fingerprint density at radius 3 is 3.00 bits per heavy atom. The number of thiophene rings is 1. The molecule has 0 bridgehead atoms. The van der Waals surface area contributed by atoms with E-state index in [0.717, 1.165) is 11.1 Å². The van der Waals surface area contributed by atoms with E-state index in [4.69, 9.17) is 0 Å². The summed E-state index contributed by atoms with van der Waals surface area (Å²) in [6.07, 6.45) is 0.344. The molecule has 0 fully saturated rings. The van der Waals surface area contributed by atoms with Crippen LogP contribution in [0.2, 0.25) is 0 Å². The number of rotatable bonds is 0. The highest BCUT2D eigenvalue weighted by atomic mass is 32.1. The van der Waals surface area contributed by atoms with Crippen LogP contribution in [0.4, 0.5) is 0 Å². The molecule has 0 spiro atoms. The number of carbonyl (C=O) groups excluding carboxylic acids is 2. The first-order valence-electron chi connectivity index (χ1n) is 3.59. The third kappa shape index (κ3) is 0.956. The Balaban J connectivity index is 2.57. The molecule has 0 unspecified atom stereocenters. The van der Waals surface area contributed by atoms with Crippen molar-refractivity contribution in [3.63, 3.8) is 0 Å². The molecule has 0 radical (unpaired) electrons. The summed E-state index contributed by atoms with van der Waals surface area (Å²) in [7, 11) is 0. The number of fused-ring (bicyclic) bond motifs is 1. The van der Waals surface area contributed by atoms with Gasteiger partial charge in [0, 0.05) is 0 Å². The van der Waals surface area contributed by atoms with Crippen molar-refractivity contribution in [3.8, 4) is 0 Å². The summed E-state index contributed by atoms with van der Waals surface area (Å²) in [4.78, 5) is 22.8. The van der Waals surface area contributed by atoms with Crippen LogP contribution >= 0.6 is 11.3 Å². The maximum atomic E-state index is 11.2. The summed E-state index contributed by atoms with van der Waals surface area (Å²) >= 11 is 1.40. The highest BCUT2D eigenvalue weighted by Crippen LogP contribution is 2.24. The molecule has 1 aromatic heterocycles. The lowest BCUT2D eigenvalue weighted by atomic mass is 10.1. The summed E-state index contributed by atoms with van der Waals surface area (Å²) in [5.41, 5.74) is 1.94. The molecule has 1 aliphatic rings. The van der Waals surface area contributed by atoms with Crippen molar-refractivity contribution < 1.29 is 9.59 Å². The number of hydrogen-bond donors (Lipinski definition) is 1. The fourth-order valence-electron chi connectivity index (χ4n) is 1.27. The van der Waals surface area contributed by atoms with E-state index in [0.29, 0.717) is 11.3 Å². The molecule has 3 nitrogen and oxygen atoms in total. The Labute approximate surface area is 73.4 Å². The van der Waals surface area contributed by atoms with Crippen LogP contribution in [0.5, 0.6) is 0 Å². The fourth-order valence-corrected chi connectivity index (χ4v) is 2.24. The molecule has 2 amide bonds. The van der Waals surface area contributed by atoms with Crippen LogP contribution in [0.25, 0.3) is 0 Å². The van der Waals surface area contributed by atoms with Crippen molar-refractivity contribution in [3.05, 3.63) is 21.4 Å². The van der Waals surface area contributed by atoms with Crippen LogP contribution in [0.15, 0.2) is 5.38 Å². The van der Waals surface area contributed by atoms with Crippen LogP contribution in [0.3, 0.4) is 0 Å². The van der Waals surface area contributed by atoms with Gasteiger partial charge in [-0.25, -0.2) is 0 Å². The van der Waals surface area contributed by atoms with Gasteiger partial charge in [0.25, 0.3) is 5.91 Å². The van der Waals surface area contributed by atoms with Crippen molar-refractivity contribution in [1.82, 2.24) is 5.32 Å². The van der Waals surface area contributed by atoms with Gasteiger partial charge in [0.05, 0.1) is 11.3 Å². The minimum Gasteiger partial charge on any atom is -0.291 e. The summed E-state index contributed by atoms with van der Waals surface area (Å²) in [5.74, 6) is -0.451. The number of amides is 2. The summed E-state index contributed by atoms with van der Waals surface area (Å²) in [6.45, 7) is 1.92. The number of imide groups is 1. The van der Waals surface area contributed by atoms with Crippen molar-refractivity contribution in [2.75, 3.05) is 0 Å². The van der Waals surface area contributed by atoms with Gasteiger partial charge in [0.1, 0.15) is 0 Å². The molecule has 1 aromatic rings. The Morgan fingerprint density at radius 2 is 2.25 bits per heavy atom. The summed E-state index contributed by atoms with van der Waals surface area (Å²) in [5, 5.41) is 4.19. The average Bonchev–Trinajstić information content (AvgIpc) is 2.33. The van der Waals surface area contributed by atoms with Gasteiger partial charge in [0.15, 0.2) is 0 Å². The molecular formula is C8H7NO2S. The average molecular weight is 181 g/mol. The van der Waals surface area contributed by atoms with E-state index in [1.807, 2.05) is 12.3 Å². The van der Waals surface area contributed by atoms with Crippen molar-refractivity contribution in [2.45, 2.75) is 13.3 Å². The molecule has 4 heteroatoms. The van der Waals surface area contributed by atoms with Gasteiger partial charge < -0.3 is 0 Å². The number of aryl methyl sites for hydroxylation is 1. The molecule has 2 rings (SSSR count). The molecule has 0 aromatic carbocycles. The lowest BCUT2D eigenvalue weighted by Gasteiger charge is -2.10. The predicted molar refractivity (Wildman–Crippen MR) is 45.2 cm³/mol. The van der Waals surface area contributed by atoms with E-state index in [9.17, 15) is 9.59 Å². The molecule has 2 heterocycles. The van der Waals surface area contributed by atoms with E-state index in [-0.39, 0.29) is 11.8 Å². The van der Waals surface area contributed by atoms with Gasteiger partial charge in [-0.3, -0.25) is 14.9 Å². The topological polar surface area (TPSA) is 46.2 Å². The largest absolute Gasteiger partial charge is 0.291 e. The van der Waals surface area contributed by atoms with Gasteiger partial charge in [-0.1, -0.05) is 0 Å². The molecule has 0 saturated heterocycles. The fraction of sp³-hybridized carbons (Fsp3) is 0.250. The Morgan fingerprint density at radius 1 is 1.50 bits per heavy atom. The Bertz CT molecular complexity index is 367. The van der Waals surface area contributed by atoms with Gasteiger partial charge in [-0.15, -0.1) is 11.3 Å². The van der Waals surface area contributed by atoms with Crippen molar-refractivity contribution in [1.29, 1.82) is 0 Å². The predicted octanol–water partition coefficient (Wildman–Crippen LogP) is 0.869. The lowest BCUT2D eigenvalue weighted by molar-refractivity contribution is -0.119. The number of nitrogens with one attached hydrogen (secondary N) is 1. The minimum absolute atomic E-state index is 0.200. The monoisotopic (exact) mass is 181 g/mol. The van der Waals surface area contributed by atoms with Crippen LogP contribution < -0.4 is 5.32 Å². The second-order valence-corrected chi connectivity index (χ2v) is 3.66. The van der Waals surface area contributed by atoms with Crippen molar-refractivity contribution in [2.24, 2.45) is 0 Å². The van der Waals surface area contributed by atoms with Gasteiger partial charge in [-0.2, -0.15) is 0 Å². The number of carbonyl (C=O) groups is 2. The SMILES string of the molecule is Cc1csc2c1CC(=O)NC2=O. The molecule has 0 atom stereocenters. The van der Waals surface area contributed by atoms with E-state index < -0.39 is 0 Å². The zero-order valence-electron chi connectivity index (χ0n) is 6.51.